The lowest BCUT2D eigenvalue weighted by Gasteiger charge is -2.44. The third-order valence-corrected chi connectivity index (χ3v) is 5.23. The second kappa shape index (κ2) is 7.14. The largest absolute Gasteiger partial charge is 0.465 e. The minimum Gasteiger partial charge on any atom is -0.465 e. The van der Waals surface area contributed by atoms with Crippen molar-refractivity contribution in [2.45, 2.75) is 63.8 Å². The summed E-state index contributed by atoms with van der Waals surface area (Å²) in [6, 6.07) is 0. The Hall–Kier alpha value is -1.26. The van der Waals surface area contributed by atoms with Crippen LogP contribution in [0.2, 0.25) is 0 Å². The molecule has 6 heteroatoms. The molecule has 0 aromatic carbocycles. The molecule has 1 N–H and O–H groups in total. The maximum absolute atomic E-state index is 12.4. The van der Waals surface area contributed by atoms with E-state index in [9.17, 15) is 4.79 Å². The summed E-state index contributed by atoms with van der Waals surface area (Å²) >= 11 is 0. The van der Waals surface area contributed by atoms with Gasteiger partial charge in [-0.2, -0.15) is 0 Å². The normalized spacial score (nSPS) is 22.7. The number of azide groups is 1. The van der Waals surface area contributed by atoms with Gasteiger partial charge in [0.2, 0.25) is 0 Å². The molecule has 118 valence electrons. The molecule has 0 atom stereocenters. The quantitative estimate of drug-likeness (QED) is 0.268. The van der Waals surface area contributed by atoms with Crippen molar-refractivity contribution in [3.63, 3.8) is 0 Å². The standard InChI is InChI=1S/C15H26N4O2/c1-2-21-13(20)15(17-11-12-18-19-16)9-7-14(8-10-15)5-3-4-6-14/h17H,2-12H2,1H3. The van der Waals surface area contributed by atoms with Gasteiger partial charge < -0.3 is 10.1 Å². The first kappa shape index (κ1) is 16.1. The first-order chi connectivity index (χ1) is 10.2. The number of hydrogen-bond acceptors (Lipinski definition) is 4. The van der Waals surface area contributed by atoms with Crippen molar-refractivity contribution in [3.8, 4) is 0 Å². The zero-order chi connectivity index (χ0) is 15.2. The predicted molar refractivity (Wildman–Crippen MR) is 80.7 cm³/mol. The Morgan fingerprint density at radius 1 is 1.24 bits per heavy atom. The summed E-state index contributed by atoms with van der Waals surface area (Å²) < 4.78 is 5.29. The average molecular weight is 294 g/mol. The van der Waals surface area contributed by atoms with Crippen molar-refractivity contribution >= 4 is 5.97 Å². The molecule has 0 saturated heterocycles. The van der Waals surface area contributed by atoms with E-state index >= 15 is 0 Å². The molecule has 6 nitrogen and oxygen atoms in total. The van der Waals surface area contributed by atoms with Gasteiger partial charge in [-0.1, -0.05) is 18.0 Å². The third kappa shape index (κ3) is 3.69. The molecule has 0 radical (unpaired) electrons. The third-order valence-electron chi connectivity index (χ3n) is 5.23. The first-order valence-electron chi connectivity index (χ1n) is 8.10. The van der Waals surface area contributed by atoms with E-state index in [-0.39, 0.29) is 5.97 Å². The van der Waals surface area contributed by atoms with Crippen molar-refractivity contribution in [2.24, 2.45) is 10.5 Å². The van der Waals surface area contributed by atoms with E-state index in [1.165, 1.54) is 25.7 Å². The van der Waals surface area contributed by atoms with E-state index in [0.717, 1.165) is 25.7 Å². The van der Waals surface area contributed by atoms with E-state index in [2.05, 4.69) is 15.3 Å². The summed E-state index contributed by atoms with van der Waals surface area (Å²) in [5.41, 5.74) is 8.24. The number of nitrogens with one attached hydrogen (secondary N) is 1. The minimum absolute atomic E-state index is 0.140. The Morgan fingerprint density at radius 3 is 2.48 bits per heavy atom. The van der Waals surface area contributed by atoms with Crippen LogP contribution >= 0.6 is 0 Å². The SMILES string of the molecule is CCOC(=O)C1(NCCN=[N+]=[N-])CCC2(CCCC2)CC1. The van der Waals surface area contributed by atoms with E-state index in [4.69, 9.17) is 10.3 Å². The number of carbonyl (C=O) groups is 1. The van der Waals surface area contributed by atoms with Crippen LogP contribution in [-0.2, 0) is 9.53 Å². The maximum Gasteiger partial charge on any atom is 0.326 e. The topological polar surface area (TPSA) is 87.1 Å². The molecule has 1 spiro atoms. The van der Waals surface area contributed by atoms with Crippen molar-refractivity contribution in [1.29, 1.82) is 0 Å². The molecule has 2 fully saturated rings. The van der Waals surface area contributed by atoms with E-state index in [0.29, 0.717) is 25.1 Å². The Kier molecular flexibility index (Phi) is 5.48. The zero-order valence-corrected chi connectivity index (χ0v) is 12.9. The minimum atomic E-state index is -0.575. The number of hydrogen-bond donors (Lipinski definition) is 1. The van der Waals surface area contributed by atoms with Crippen LogP contribution in [-0.4, -0.2) is 31.2 Å². The number of carbonyl (C=O) groups excluding carboxylic acids is 1. The molecule has 0 amide bonds. The second-order valence-electron chi connectivity index (χ2n) is 6.39. The number of ether oxygens (including phenoxy) is 1. The summed E-state index contributed by atoms with van der Waals surface area (Å²) in [6.45, 7) is 3.13. The summed E-state index contributed by atoms with van der Waals surface area (Å²) in [6.07, 6.45) is 9.15. The average Bonchev–Trinajstić information content (AvgIpc) is 2.95. The molecular weight excluding hydrogens is 268 g/mol. The van der Waals surface area contributed by atoms with Crippen molar-refractivity contribution < 1.29 is 9.53 Å². The Labute approximate surface area is 126 Å². The van der Waals surface area contributed by atoms with Crippen molar-refractivity contribution in [1.82, 2.24) is 5.32 Å². The summed E-state index contributed by atoms with van der Waals surface area (Å²) in [4.78, 5) is 15.1. The summed E-state index contributed by atoms with van der Waals surface area (Å²) in [5, 5.41) is 6.85. The fourth-order valence-electron chi connectivity index (χ4n) is 3.94. The highest BCUT2D eigenvalue weighted by Crippen LogP contribution is 2.51. The zero-order valence-electron chi connectivity index (χ0n) is 12.9. The Balaban J connectivity index is 1.99. The van der Waals surface area contributed by atoms with Gasteiger partial charge in [0.05, 0.1) is 6.61 Å². The van der Waals surface area contributed by atoms with E-state index < -0.39 is 5.54 Å². The molecule has 0 heterocycles. The lowest BCUT2D eigenvalue weighted by atomic mass is 9.66. The van der Waals surface area contributed by atoms with E-state index in [1.807, 2.05) is 6.92 Å². The molecule has 2 rings (SSSR count). The van der Waals surface area contributed by atoms with Crippen LogP contribution in [0, 0.1) is 5.41 Å². The van der Waals surface area contributed by atoms with E-state index in [1.54, 1.807) is 0 Å². The molecule has 0 aromatic rings. The van der Waals surface area contributed by atoms with Gasteiger partial charge in [-0.3, -0.25) is 4.79 Å². The van der Waals surface area contributed by atoms with Crippen LogP contribution in [0.1, 0.15) is 58.3 Å². The summed E-state index contributed by atoms with van der Waals surface area (Å²) in [7, 11) is 0. The molecule has 0 unspecified atom stereocenters. The summed E-state index contributed by atoms with van der Waals surface area (Å²) in [5.74, 6) is -0.140. The first-order valence-corrected chi connectivity index (χ1v) is 8.10. The lowest BCUT2D eigenvalue weighted by molar-refractivity contribution is -0.154. The fourth-order valence-corrected chi connectivity index (χ4v) is 3.94. The molecule has 0 aliphatic heterocycles. The van der Waals surface area contributed by atoms with Gasteiger partial charge in [0.25, 0.3) is 0 Å². The van der Waals surface area contributed by atoms with Crippen LogP contribution in [0.3, 0.4) is 0 Å². The molecule has 0 aromatic heterocycles. The van der Waals surface area contributed by atoms with Gasteiger partial charge in [-0.05, 0) is 56.4 Å². The van der Waals surface area contributed by atoms with Crippen LogP contribution in [0.25, 0.3) is 10.4 Å². The van der Waals surface area contributed by atoms with Gasteiger partial charge in [0.1, 0.15) is 5.54 Å². The Bertz CT molecular complexity index is 402. The number of esters is 1. The molecule has 2 aliphatic carbocycles. The smallest absolute Gasteiger partial charge is 0.326 e. The number of rotatable bonds is 6. The van der Waals surface area contributed by atoms with Gasteiger partial charge >= 0.3 is 5.97 Å². The second-order valence-corrected chi connectivity index (χ2v) is 6.39. The monoisotopic (exact) mass is 294 g/mol. The molecule has 0 bridgehead atoms. The van der Waals surface area contributed by atoms with Crippen LogP contribution in [0.4, 0.5) is 0 Å². The fraction of sp³-hybridized carbons (Fsp3) is 0.933. The predicted octanol–water partition coefficient (Wildman–Crippen LogP) is 3.32. The Morgan fingerprint density at radius 2 is 1.90 bits per heavy atom. The van der Waals surface area contributed by atoms with Crippen LogP contribution in [0.15, 0.2) is 5.11 Å². The van der Waals surface area contributed by atoms with Crippen molar-refractivity contribution in [3.05, 3.63) is 10.4 Å². The molecular formula is C15H26N4O2. The van der Waals surface area contributed by atoms with Gasteiger partial charge in [-0.25, -0.2) is 0 Å². The lowest BCUT2D eigenvalue weighted by Crippen LogP contribution is -2.56. The molecule has 2 aliphatic rings. The van der Waals surface area contributed by atoms with Crippen molar-refractivity contribution in [2.75, 3.05) is 19.7 Å². The molecule has 2 saturated carbocycles. The molecule has 21 heavy (non-hydrogen) atoms. The van der Waals surface area contributed by atoms with Crippen LogP contribution in [0.5, 0.6) is 0 Å². The van der Waals surface area contributed by atoms with Gasteiger partial charge in [-0.15, -0.1) is 0 Å². The highest BCUT2D eigenvalue weighted by molar-refractivity contribution is 5.81. The highest BCUT2D eigenvalue weighted by atomic mass is 16.5. The maximum atomic E-state index is 12.4. The number of nitrogens with zero attached hydrogens (tertiary/aromatic N) is 3. The van der Waals surface area contributed by atoms with Crippen LogP contribution < -0.4 is 5.32 Å². The van der Waals surface area contributed by atoms with Gasteiger partial charge in [0, 0.05) is 18.0 Å². The van der Waals surface area contributed by atoms with Gasteiger partial charge in [0.15, 0.2) is 0 Å². The highest BCUT2D eigenvalue weighted by Gasteiger charge is 2.48.